The number of aliphatic hydroxyl groups is 2. The fourth-order valence-corrected chi connectivity index (χ4v) is 0.158. The van der Waals surface area contributed by atoms with Crippen molar-refractivity contribution in [1.82, 2.24) is 0 Å². The Bertz CT molecular complexity index is 17.9. The lowest BCUT2D eigenvalue weighted by atomic mass is 10.4. The third-order valence-electron chi connectivity index (χ3n) is 0.512. The van der Waals surface area contributed by atoms with Gasteiger partial charge in [0.25, 0.3) is 0 Å². The molecule has 2 N–H and O–H groups in total. The van der Waals surface area contributed by atoms with Gasteiger partial charge >= 0.3 is 0 Å². The molecular weight excluding hydrogens is 128 g/mol. The molecule has 0 aliphatic carbocycles. The van der Waals surface area contributed by atoms with Gasteiger partial charge in [0.05, 0.1) is 0 Å². The zero-order valence-electron chi connectivity index (χ0n) is 5.42. The van der Waals surface area contributed by atoms with Crippen LogP contribution in [0.5, 0.6) is 0 Å². The Hall–Kier alpha value is 0.210. The van der Waals surface area contributed by atoms with Gasteiger partial charge in [-0.25, -0.2) is 0 Å². The summed E-state index contributed by atoms with van der Waals surface area (Å²) in [4.78, 5) is 0. The predicted octanol–water partition coefficient (Wildman–Crippen LogP) is 0.809. The summed E-state index contributed by atoms with van der Waals surface area (Å²) in [5.74, 6) is 0. The minimum Gasteiger partial charge on any atom is -0.400 e. The van der Waals surface area contributed by atoms with Gasteiger partial charge in [0.2, 0.25) is 0 Å². The maximum Gasteiger partial charge on any atom is 0.0430 e. The van der Waals surface area contributed by atoms with E-state index in [1.807, 2.05) is 0 Å². The Morgan fingerprint density at radius 1 is 1.25 bits per heavy atom. The molecule has 8 heavy (non-hydrogen) atoms. The fourth-order valence-electron chi connectivity index (χ4n) is 0.158. The number of aliphatic hydroxyl groups excluding tert-OH is 2. The summed E-state index contributed by atoms with van der Waals surface area (Å²) in [5, 5.41) is 15.1. The van der Waals surface area contributed by atoms with Crippen LogP contribution in [-0.4, -0.2) is 23.9 Å². The second-order valence-electron chi connectivity index (χ2n) is 1.08. The summed E-state index contributed by atoms with van der Waals surface area (Å²) in [5.41, 5.74) is 0. The molecule has 0 aromatic carbocycles. The van der Waals surface area contributed by atoms with Crippen molar-refractivity contribution < 1.29 is 10.2 Å². The molecule has 0 saturated carbocycles. The van der Waals surface area contributed by atoms with Crippen LogP contribution in [0.4, 0.5) is 0 Å². The quantitative estimate of drug-likeness (QED) is 0.599. The first-order valence-electron chi connectivity index (χ1n) is 2.47. The summed E-state index contributed by atoms with van der Waals surface area (Å²) >= 11 is 0. The molecule has 0 saturated heterocycles. The van der Waals surface area contributed by atoms with E-state index in [0.717, 1.165) is 20.0 Å². The highest BCUT2D eigenvalue weighted by Crippen LogP contribution is 1.78. The number of unbranched alkanes of at least 4 members (excludes halogenated alkanes) is 1. The summed E-state index contributed by atoms with van der Waals surface area (Å²) in [6.45, 7) is 2.40. The lowest BCUT2D eigenvalue weighted by molar-refractivity contribution is 0.287. The number of rotatable bonds is 2. The van der Waals surface area contributed by atoms with E-state index in [1.165, 1.54) is 0 Å². The molecule has 0 spiro atoms. The van der Waals surface area contributed by atoms with E-state index < -0.39 is 0 Å². The third-order valence-corrected chi connectivity index (χ3v) is 0.512. The Labute approximate surface area is 56.9 Å². The molecule has 0 unspecified atom stereocenters. The Morgan fingerprint density at radius 3 is 1.62 bits per heavy atom. The Balaban J connectivity index is -0.0000000750. The SMILES string of the molecule is CCCCO.CO.Cl. The molecule has 0 aliphatic rings. The molecule has 0 amide bonds. The lowest BCUT2D eigenvalue weighted by Crippen LogP contribution is -1.75. The van der Waals surface area contributed by atoms with Crippen LogP contribution in [0.15, 0.2) is 0 Å². The molecule has 0 fully saturated rings. The van der Waals surface area contributed by atoms with E-state index in [9.17, 15) is 0 Å². The van der Waals surface area contributed by atoms with Gasteiger partial charge in [-0.05, 0) is 6.42 Å². The third kappa shape index (κ3) is 34.5. The van der Waals surface area contributed by atoms with E-state index in [-0.39, 0.29) is 12.4 Å². The average Bonchev–Trinajstić information content (AvgIpc) is 1.75. The van der Waals surface area contributed by atoms with Crippen molar-refractivity contribution in [2.45, 2.75) is 19.8 Å². The van der Waals surface area contributed by atoms with Gasteiger partial charge in [-0.3, -0.25) is 0 Å². The Morgan fingerprint density at radius 2 is 1.62 bits per heavy atom. The molecule has 0 rings (SSSR count). The van der Waals surface area contributed by atoms with E-state index >= 15 is 0 Å². The summed E-state index contributed by atoms with van der Waals surface area (Å²) < 4.78 is 0. The standard InChI is InChI=1S/C4H10O.CH4O.ClH/c1-2-3-4-5;1-2;/h5H,2-4H2,1H3;2H,1H3;1H. The van der Waals surface area contributed by atoms with Crippen molar-refractivity contribution in [3.8, 4) is 0 Å². The van der Waals surface area contributed by atoms with Crippen LogP contribution in [0.3, 0.4) is 0 Å². The molecule has 3 heteroatoms. The van der Waals surface area contributed by atoms with Crippen LogP contribution in [0.25, 0.3) is 0 Å². The van der Waals surface area contributed by atoms with Gasteiger partial charge in [-0.1, -0.05) is 13.3 Å². The van der Waals surface area contributed by atoms with Crippen molar-refractivity contribution in [3.05, 3.63) is 0 Å². The van der Waals surface area contributed by atoms with Gasteiger partial charge in [0.1, 0.15) is 0 Å². The van der Waals surface area contributed by atoms with E-state index in [4.69, 9.17) is 10.2 Å². The van der Waals surface area contributed by atoms with Crippen LogP contribution in [0, 0.1) is 0 Å². The molecule has 0 heterocycles. The molecule has 0 atom stereocenters. The molecule has 2 nitrogen and oxygen atoms in total. The molecule has 0 aliphatic heterocycles. The van der Waals surface area contributed by atoms with Crippen LogP contribution in [0.1, 0.15) is 19.8 Å². The lowest BCUT2D eigenvalue weighted by Gasteiger charge is -1.79. The molecule has 54 valence electrons. The molecule has 0 bridgehead atoms. The maximum atomic E-state index is 8.07. The second kappa shape index (κ2) is 27.0. The molecule has 0 aromatic heterocycles. The van der Waals surface area contributed by atoms with Crippen molar-refractivity contribution in [1.29, 1.82) is 0 Å². The highest BCUT2D eigenvalue weighted by atomic mass is 35.5. The fraction of sp³-hybridized carbons (Fsp3) is 1.00. The van der Waals surface area contributed by atoms with Gasteiger partial charge in [-0.2, -0.15) is 0 Å². The molecule has 0 aromatic rings. The zero-order valence-corrected chi connectivity index (χ0v) is 6.24. The first-order chi connectivity index (χ1) is 3.41. The first-order valence-corrected chi connectivity index (χ1v) is 2.47. The summed E-state index contributed by atoms with van der Waals surface area (Å²) in [6.07, 6.45) is 2.04. The monoisotopic (exact) mass is 142 g/mol. The van der Waals surface area contributed by atoms with Crippen molar-refractivity contribution >= 4 is 12.4 Å². The topological polar surface area (TPSA) is 40.5 Å². The van der Waals surface area contributed by atoms with E-state index in [1.54, 1.807) is 0 Å². The van der Waals surface area contributed by atoms with Crippen molar-refractivity contribution in [3.63, 3.8) is 0 Å². The second-order valence-corrected chi connectivity index (χ2v) is 1.08. The van der Waals surface area contributed by atoms with Gasteiger partial charge < -0.3 is 10.2 Å². The van der Waals surface area contributed by atoms with Crippen LogP contribution in [-0.2, 0) is 0 Å². The number of hydrogen-bond donors (Lipinski definition) is 2. The first kappa shape index (κ1) is 15.7. The van der Waals surface area contributed by atoms with E-state index in [0.29, 0.717) is 6.61 Å². The van der Waals surface area contributed by atoms with Crippen molar-refractivity contribution in [2.24, 2.45) is 0 Å². The number of halogens is 1. The molecular formula is C5H15ClO2. The largest absolute Gasteiger partial charge is 0.400 e. The zero-order chi connectivity index (χ0) is 6.12. The maximum absolute atomic E-state index is 8.07. The molecule has 0 radical (unpaired) electrons. The van der Waals surface area contributed by atoms with Gasteiger partial charge in [0.15, 0.2) is 0 Å². The number of hydrogen-bond acceptors (Lipinski definition) is 2. The smallest absolute Gasteiger partial charge is 0.0430 e. The highest BCUT2D eigenvalue weighted by molar-refractivity contribution is 5.85. The van der Waals surface area contributed by atoms with E-state index in [2.05, 4.69) is 6.92 Å². The normalized spacial score (nSPS) is 6.00. The van der Waals surface area contributed by atoms with Crippen LogP contribution >= 0.6 is 12.4 Å². The van der Waals surface area contributed by atoms with Crippen LogP contribution in [0.2, 0.25) is 0 Å². The highest BCUT2D eigenvalue weighted by Gasteiger charge is 1.69. The minimum atomic E-state index is 0. The predicted molar refractivity (Wildman–Crippen MR) is 37.4 cm³/mol. The summed E-state index contributed by atoms with van der Waals surface area (Å²) in [7, 11) is 1.00. The Kier molecular flexibility index (Phi) is 53.0. The average molecular weight is 143 g/mol. The van der Waals surface area contributed by atoms with Gasteiger partial charge in [0, 0.05) is 13.7 Å². The minimum absolute atomic E-state index is 0. The summed E-state index contributed by atoms with van der Waals surface area (Å²) in [6, 6.07) is 0. The van der Waals surface area contributed by atoms with Gasteiger partial charge in [-0.15, -0.1) is 12.4 Å². The van der Waals surface area contributed by atoms with Crippen molar-refractivity contribution in [2.75, 3.05) is 13.7 Å². The van der Waals surface area contributed by atoms with Crippen LogP contribution < -0.4 is 0 Å².